The zero-order valence-corrected chi connectivity index (χ0v) is 15.3. The van der Waals surface area contributed by atoms with Crippen LogP contribution in [0.4, 0.5) is 0 Å². The molecule has 1 aromatic carbocycles. The fourth-order valence-corrected chi connectivity index (χ4v) is 5.15. The average molecular weight is 368 g/mol. The van der Waals surface area contributed by atoms with Crippen molar-refractivity contribution in [3.05, 3.63) is 30.3 Å². The molecule has 2 aliphatic rings. The SMILES string of the molecule is CC1(C)OCC(C[C@@H]2CC(CS(=O)(=O)c3ccccc3)[C@H](C=O)O2)O1. The van der Waals surface area contributed by atoms with Crippen LogP contribution >= 0.6 is 0 Å². The van der Waals surface area contributed by atoms with Crippen LogP contribution in [-0.4, -0.2) is 51.2 Å². The molecule has 7 heteroatoms. The highest BCUT2D eigenvalue weighted by Crippen LogP contribution is 2.33. The highest BCUT2D eigenvalue weighted by molar-refractivity contribution is 7.91. The number of carbonyl (C=O) groups is 1. The molecule has 6 nitrogen and oxygen atoms in total. The van der Waals surface area contributed by atoms with Crippen molar-refractivity contribution in [3.8, 4) is 0 Å². The Labute approximate surface area is 148 Å². The smallest absolute Gasteiger partial charge is 0.178 e. The van der Waals surface area contributed by atoms with Gasteiger partial charge in [0.2, 0.25) is 0 Å². The van der Waals surface area contributed by atoms with Crippen LogP contribution in [0.1, 0.15) is 26.7 Å². The quantitative estimate of drug-likeness (QED) is 0.715. The molecule has 2 fully saturated rings. The molecule has 0 aliphatic carbocycles. The summed E-state index contributed by atoms with van der Waals surface area (Å²) in [6.07, 6.45) is 0.830. The van der Waals surface area contributed by atoms with Crippen molar-refractivity contribution >= 4 is 16.1 Å². The van der Waals surface area contributed by atoms with Crippen molar-refractivity contribution in [2.24, 2.45) is 5.92 Å². The molecule has 25 heavy (non-hydrogen) atoms. The van der Waals surface area contributed by atoms with E-state index in [0.29, 0.717) is 25.7 Å². The van der Waals surface area contributed by atoms with Crippen LogP contribution in [0.5, 0.6) is 0 Å². The van der Waals surface area contributed by atoms with Gasteiger partial charge in [0, 0.05) is 12.3 Å². The standard InChI is InChI=1S/C18H24O6S/c1-18(2)22-11-15(24-18)9-14-8-13(17(10-19)23-14)12-25(20,21)16-6-4-3-5-7-16/h3-7,10,13-15,17H,8-9,11-12H2,1-2H3/t13?,14-,15?,17-/m0/s1. The summed E-state index contributed by atoms with van der Waals surface area (Å²) in [7, 11) is -3.45. The Morgan fingerprint density at radius 1 is 1.20 bits per heavy atom. The van der Waals surface area contributed by atoms with E-state index in [-0.39, 0.29) is 28.8 Å². The lowest BCUT2D eigenvalue weighted by molar-refractivity contribution is -0.143. The summed E-state index contributed by atoms with van der Waals surface area (Å²) in [6, 6.07) is 8.30. The van der Waals surface area contributed by atoms with Crippen molar-refractivity contribution < 1.29 is 27.4 Å². The predicted molar refractivity (Wildman–Crippen MR) is 90.8 cm³/mol. The van der Waals surface area contributed by atoms with Crippen molar-refractivity contribution in [1.82, 2.24) is 0 Å². The second-order valence-corrected chi connectivity index (χ2v) is 9.17. The second-order valence-electron chi connectivity index (χ2n) is 7.14. The molecule has 4 atom stereocenters. The Morgan fingerprint density at radius 3 is 2.52 bits per heavy atom. The minimum Gasteiger partial charge on any atom is -0.367 e. The predicted octanol–water partition coefficient (Wildman–Crippen LogP) is 1.97. The minimum atomic E-state index is -3.45. The zero-order valence-electron chi connectivity index (χ0n) is 14.5. The van der Waals surface area contributed by atoms with Crippen LogP contribution in [0.3, 0.4) is 0 Å². The molecule has 0 bridgehead atoms. The molecule has 0 N–H and O–H groups in total. The molecule has 0 amide bonds. The van der Waals surface area contributed by atoms with Gasteiger partial charge in [0.15, 0.2) is 15.6 Å². The first-order valence-electron chi connectivity index (χ1n) is 8.49. The van der Waals surface area contributed by atoms with E-state index in [4.69, 9.17) is 14.2 Å². The van der Waals surface area contributed by atoms with Gasteiger partial charge in [-0.15, -0.1) is 0 Å². The van der Waals surface area contributed by atoms with Gasteiger partial charge in [-0.05, 0) is 32.4 Å². The first-order chi connectivity index (χ1) is 11.8. The Bertz CT molecular complexity index is 700. The van der Waals surface area contributed by atoms with Gasteiger partial charge in [-0.3, -0.25) is 0 Å². The summed E-state index contributed by atoms with van der Waals surface area (Å²) >= 11 is 0. The van der Waals surface area contributed by atoms with E-state index in [2.05, 4.69) is 0 Å². The Balaban J connectivity index is 1.63. The molecule has 0 spiro atoms. The molecular weight excluding hydrogens is 344 g/mol. The topological polar surface area (TPSA) is 78.9 Å². The number of hydrogen-bond acceptors (Lipinski definition) is 6. The average Bonchev–Trinajstić information content (AvgIpc) is 3.10. The molecule has 3 rings (SSSR count). The van der Waals surface area contributed by atoms with Gasteiger partial charge in [0.1, 0.15) is 12.4 Å². The van der Waals surface area contributed by atoms with Crippen LogP contribution in [0.15, 0.2) is 35.2 Å². The maximum Gasteiger partial charge on any atom is 0.178 e. The molecule has 0 aromatic heterocycles. The molecule has 2 heterocycles. The molecular formula is C18H24O6S. The maximum atomic E-state index is 12.6. The molecule has 2 unspecified atom stereocenters. The molecule has 1 aromatic rings. The van der Waals surface area contributed by atoms with Gasteiger partial charge in [-0.25, -0.2) is 8.42 Å². The largest absolute Gasteiger partial charge is 0.367 e. The monoisotopic (exact) mass is 368 g/mol. The fourth-order valence-electron chi connectivity index (χ4n) is 3.50. The van der Waals surface area contributed by atoms with E-state index in [1.54, 1.807) is 30.3 Å². The van der Waals surface area contributed by atoms with Crippen molar-refractivity contribution in [3.63, 3.8) is 0 Å². The Hall–Kier alpha value is -1.28. The number of benzene rings is 1. The molecule has 0 saturated carbocycles. The number of sulfone groups is 1. The lowest BCUT2D eigenvalue weighted by Gasteiger charge is -2.18. The van der Waals surface area contributed by atoms with E-state index >= 15 is 0 Å². The van der Waals surface area contributed by atoms with Crippen LogP contribution in [0.25, 0.3) is 0 Å². The van der Waals surface area contributed by atoms with Crippen LogP contribution in [-0.2, 0) is 28.8 Å². The number of hydrogen-bond donors (Lipinski definition) is 0. The minimum absolute atomic E-state index is 0.0928. The Morgan fingerprint density at radius 2 is 1.92 bits per heavy atom. The van der Waals surface area contributed by atoms with Crippen LogP contribution in [0, 0.1) is 5.92 Å². The summed E-state index contributed by atoms with van der Waals surface area (Å²) in [6.45, 7) is 4.18. The molecule has 0 radical (unpaired) electrons. The van der Waals surface area contributed by atoms with Gasteiger partial charge in [0.05, 0.1) is 29.5 Å². The first-order valence-corrected chi connectivity index (χ1v) is 10.1. The number of ether oxygens (including phenoxy) is 3. The van der Waals surface area contributed by atoms with Crippen molar-refractivity contribution in [2.45, 2.75) is 55.7 Å². The van der Waals surface area contributed by atoms with Gasteiger partial charge in [-0.2, -0.15) is 0 Å². The van der Waals surface area contributed by atoms with E-state index in [0.717, 1.165) is 0 Å². The third kappa shape index (κ3) is 4.47. The molecule has 2 aliphatic heterocycles. The van der Waals surface area contributed by atoms with Gasteiger partial charge in [0.25, 0.3) is 0 Å². The number of aldehydes is 1. The molecule has 138 valence electrons. The van der Waals surface area contributed by atoms with Crippen molar-refractivity contribution in [1.29, 1.82) is 0 Å². The summed E-state index contributed by atoms with van der Waals surface area (Å²) < 4.78 is 42.2. The highest BCUT2D eigenvalue weighted by Gasteiger charge is 2.41. The summed E-state index contributed by atoms with van der Waals surface area (Å²) in [5.74, 6) is -1.04. The number of carbonyl (C=O) groups excluding carboxylic acids is 1. The fraction of sp³-hybridized carbons (Fsp3) is 0.611. The summed E-state index contributed by atoms with van der Waals surface area (Å²) in [5, 5.41) is 0. The third-order valence-electron chi connectivity index (χ3n) is 4.64. The van der Waals surface area contributed by atoms with Crippen molar-refractivity contribution in [2.75, 3.05) is 12.4 Å². The van der Waals surface area contributed by atoms with E-state index < -0.39 is 21.7 Å². The number of rotatable bonds is 6. The van der Waals surface area contributed by atoms with Gasteiger partial charge in [-0.1, -0.05) is 18.2 Å². The first kappa shape index (κ1) is 18.5. The van der Waals surface area contributed by atoms with Crippen LogP contribution in [0.2, 0.25) is 0 Å². The zero-order chi connectivity index (χ0) is 18.1. The van der Waals surface area contributed by atoms with E-state index in [1.807, 2.05) is 13.8 Å². The Kier molecular flexibility index (Phi) is 5.29. The second kappa shape index (κ2) is 7.15. The summed E-state index contributed by atoms with van der Waals surface area (Å²) in [5.41, 5.74) is 0. The normalized spacial score (nSPS) is 31.9. The lowest BCUT2D eigenvalue weighted by Crippen LogP contribution is -2.25. The van der Waals surface area contributed by atoms with Crippen LogP contribution < -0.4 is 0 Å². The van der Waals surface area contributed by atoms with E-state index in [1.165, 1.54) is 0 Å². The maximum absolute atomic E-state index is 12.6. The lowest BCUT2D eigenvalue weighted by atomic mass is 10.00. The van der Waals surface area contributed by atoms with Gasteiger partial charge < -0.3 is 19.0 Å². The highest BCUT2D eigenvalue weighted by atomic mass is 32.2. The molecule has 2 saturated heterocycles. The van der Waals surface area contributed by atoms with Gasteiger partial charge >= 0.3 is 0 Å². The third-order valence-corrected chi connectivity index (χ3v) is 6.50. The summed E-state index contributed by atoms with van der Waals surface area (Å²) in [4.78, 5) is 11.6. The van der Waals surface area contributed by atoms with E-state index in [9.17, 15) is 13.2 Å².